The summed E-state index contributed by atoms with van der Waals surface area (Å²) < 4.78 is 10.8. The number of aromatic carboxylic acids is 1. The van der Waals surface area contributed by atoms with Crippen LogP contribution in [0.1, 0.15) is 56.5 Å². The number of rotatable bonds is 7. The molecule has 0 saturated heterocycles. The number of carbonyl (C=O) groups excluding carboxylic acids is 1. The van der Waals surface area contributed by atoms with E-state index in [-0.39, 0.29) is 12.1 Å². The fourth-order valence-electron chi connectivity index (χ4n) is 1.80. The second kappa shape index (κ2) is 8.41. The molecule has 0 unspecified atom stereocenters. The minimum absolute atomic E-state index is 0.136. The lowest BCUT2D eigenvalue weighted by Gasteiger charge is -2.20. The molecule has 0 saturated carbocycles. The van der Waals surface area contributed by atoms with Crippen LogP contribution in [0.3, 0.4) is 0 Å². The Labute approximate surface area is 136 Å². The van der Waals surface area contributed by atoms with E-state index in [1.807, 2.05) is 0 Å². The number of ether oxygens (including phenoxy) is 2. The van der Waals surface area contributed by atoms with Crippen molar-refractivity contribution in [2.24, 2.45) is 0 Å². The van der Waals surface area contributed by atoms with Gasteiger partial charge in [-0.1, -0.05) is 13.3 Å². The average molecular weight is 323 g/mol. The molecule has 0 aliphatic rings. The fraction of sp³-hybridized carbons (Fsp3) is 0.529. The molecule has 6 nitrogen and oxygen atoms in total. The van der Waals surface area contributed by atoms with E-state index < -0.39 is 17.7 Å². The van der Waals surface area contributed by atoms with Crippen molar-refractivity contribution in [3.8, 4) is 5.75 Å². The first kappa shape index (κ1) is 18.8. The van der Waals surface area contributed by atoms with E-state index in [1.54, 1.807) is 26.8 Å². The third-order valence-corrected chi connectivity index (χ3v) is 2.88. The summed E-state index contributed by atoms with van der Waals surface area (Å²) in [5.41, 5.74) is 0.161. The van der Waals surface area contributed by atoms with Crippen molar-refractivity contribution < 1.29 is 24.2 Å². The largest absolute Gasteiger partial charge is 0.493 e. The van der Waals surface area contributed by atoms with Crippen LogP contribution < -0.4 is 10.1 Å². The molecule has 0 bridgehead atoms. The van der Waals surface area contributed by atoms with Crippen LogP contribution in [0, 0.1) is 0 Å². The number of hydrogen-bond donors (Lipinski definition) is 2. The fourth-order valence-corrected chi connectivity index (χ4v) is 1.80. The van der Waals surface area contributed by atoms with Gasteiger partial charge in [0, 0.05) is 12.1 Å². The van der Waals surface area contributed by atoms with Crippen LogP contribution in [0.5, 0.6) is 5.75 Å². The van der Waals surface area contributed by atoms with Crippen molar-refractivity contribution in [3.63, 3.8) is 0 Å². The Kier molecular flexibility index (Phi) is 6.88. The van der Waals surface area contributed by atoms with Crippen LogP contribution in [0.25, 0.3) is 0 Å². The summed E-state index contributed by atoms with van der Waals surface area (Å²) in [7, 11) is 0. The van der Waals surface area contributed by atoms with E-state index in [1.165, 1.54) is 12.1 Å². The van der Waals surface area contributed by atoms with Gasteiger partial charge in [-0.05, 0) is 45.4 Å². The molecule has 0 aliphatic carbocycles. The normalized spacial score (nSPS) is 11.0. The Balaban J connectivity index is 2.81. The van der Waals surface area contributed by atoms with Gasteiger partial charge in [-0.15, -0.1) is 0 Å². The van der Waals surface area contributed by atoms with Gasteiger partial charge >= 0.3 is 12.1 Å². The van der Waals surface area contributed by atoms with Crippen molar-refractivity contribution in [1.82, 2.24) is 5.32 Å². The van der Waals surface area contributed by atoms with Gasteiger partial charge < -0.3 is 19.9 Å². The number of hydrogen-bond acceptors (Lipinski definition) is 4. The van der Waals surface area contributed by atoms with E-state index in [0.717, 1.165) is 12.8 Å². The minimum atomic E-state index is -1.02. The summed E-state index contributed by atoms with van der Waals surface area (Å²) in [4.78, 5) is 22.8. The molecule has 1 aromatic rings. The lowest BCUT2D eigenvalue weighted by atomic mass is 10.1. The lowest BCUT2D eigenvalue weighted by Crippen LogP contribution is -2.32. The third kappa shape index (κ3) is 7.04. The molecule has 2 N–H and O–H groups in total. The average Bonchev–Trinajstić information content (AvgIpc) is 2.44. The van der Waals surface area contributed by atoms with Crippen molar-refractivity contribution in [1.29, 1.82) is 0 Å². The molecular weight excluding hydrogens is 298 g/mol. The maximum atomic E-state index is 11.7. The Hall–Kier alpha value is -2.24. The van der Waals surface area contributed by atoms with E-state index >= 15 is 0 Å². The van der Waals surface area contributed by atoms with Gasteiger partial charge in [0.05, 0.1) is 12.2 Å². The van der Waals surface area contributed by atoms with Crippen LogP contribution in [0.4, 0.5) is 4.79 Å². The monoisotopic (exact) mass is 323 g/mol. The molecule has 23 heavy (non-hydrogen) atoms. The van der Waals surface area contributed by atoms with Crippen LogP contribution in [-0.2, 0) is 11.3 Å². The molecule has 0 spiro atoms. The van der Waals surface area contributed by atoms with Crippen molar-refractivity contribution >= 4 is 12.1 Å². The number of carboxylic acids is 1. The first-order valence-corrected chi connectivity index (χ1v) is 7.69. The number of nitrogens with one attached hydrogen (secondary N) is 1. The Bertz CT molecular complexity index is 548. The van der Waals surface area contributed by atoms with Crippen molar-refractivity contribution in [2.45, 2.75) is 52.7 Å². The van der Waals surface area contributed by atoms with E-state index in [4.69, 9.17) is 14.6 Å². The maximum absolute atomic E-state index is 11.7. The lowest BCUT2D eigenvalue weighted by molar-refractivity contribution is 0.0523. The number of carboxylic acid groups (broad SMARTS) is 1. The quantitative estimate of drug-likeness (QED) is 0.749. The minimum Gasteiger partial charge on any atom is -0.493 e. The molecule has 128 valence electrons. The van der Waals surface area contributed by atoms with Crippen LogP contribution in [0.2, 0.25) is 0 Å². The van der Waals surface area contributed by atoms with E-state index in [2.05, 4.69) is 12.2 Å². The van der Waals surface area contributed by atoms with Gasteiger partial charge in [0.1, 0.15) is 11.4 Å². The standard InChI is InChI=1S/C17H25NO5/c1-5-6-9-22-14-8-7-12(15(19)20)10-13(14)11-18-16(21)23-17(2,3)4/h7-8,10H,5-6,9,11H2,1-4H3,(H,18,21)(H,19,20). The first-order chi connectivity index (χ1) is 10.7. The van der Waals surface area contributed by atoms with Gasteiger partial charge in [-0.2, -0.15) is 0 Å². The number of alkyl carbamates (subject to hydrolysis) is 1. The Morgan fingerprint density at radius 1 is 1.26 bits per heavy atom. The number of amides is 1. The third-order valence-electron chi connectivity index (χ3n) is 2.88. The summed E-state index contributed by atoms with van der Waals surface area (Å²) in [5.74, 6) is -0.455. The van der Waals surface area contributed by atoms with Gasteiger partial charge in [-0.3, -0.25) is 0 Å². The predicted molar refractivity (Wildman–Crippen MR) is 86.9 cm³/mol. The Morgan fingerprint density at radius 3 is 2.52 bits per heavy atom. The Morgan fingerprint density at radius 2 is 1.96 bits per heavy atom. The first-order valence-electron chi connectivity index (χ1n) is 7.69. The molecule has 0 heterocycles. The molecule has 1 amide bonds. The van der Waals surface area contributed by atoms with Gasteiger partial charge in [-0.25, -0.2) is 9.59 Å². The topological polar surface area (TPSA) is 84.9 Å². The molecule has 6 heteroatoms. The smallest absolute Gasteiger partial charge is 0.407 e. The number of unbranched alkanes of at least 4 members (excludes halogenated alkanes) is 1. The SMILES string of the molecule is CCCCOc1ccc(C(=O)O)cc1CNC(=O)OC(C)(C)C. The molecule has 0 fully saturated rings. The van der Waals surface area contributed by atoms with Gasteiger partial charge in [0.2, 0.25) is 0 Å². The van der Waals surface area contributed by atoms with Crippen molar-refractivity contribution in [3.05, 3.63) is 29.3 Å². The summed E-state index contributed by atoms with van der Waals surface area (Å²) in [5, 5.41) is 11.7. The van der Waals surface area contributed by atoms with E-state index in [9.17, 15) is 9.59 Å². The zero-order valence-electron chi connectivity index (χ0n) is 14.1. The highest BCUT2D eigenvalue weighted by Crippen LogP contribution is 2.21. The second-order valence-corrected chi connectivity index (χ2v) is 6.19. The zero-order chi connectivity index (χ0) is 17.5. The second-order valence-electron chi connectivity index (χ2n) is 6.19. The number of benzene rings is 1. The van der Waals surface area contributed by atoms with Crippen LogP contribution in [-0.4, -0.2) is 29.4 Å². The summed E-state index contributed by atoms with van der Waals surface area (Å²) in [6.45, 7) is 8.06. The highest BCUT2D eigenvalue weighted by atomic mass is 16.6. The summed E-state index contributed by atoms with van der Waals surface area (Å²) in [6.07, 6.45) is 1.34. The molecule has 0 aliphatic heterocycles. The highest BCUT2D eigenvalue weighted by molar-refractivity contribution is 5.88. The van der Waals surface area contributed by atoms with Crippen LogP contribution in [0.15, 0.2) is 18.2 Å². The van der Waals surface area contributed by atoms with Crippen molar-refractivity contribution in [2.75, 3.05) is 6.61 Å². The molecule has 0 radical (unpaired) electrons. The zero-order valence-corrected chi connectivity index (χ0v) is 14.1. The molecule has 1 rings (SSSR count). The maximum Gasteiger partial charge on any atom is 0.407 e. The van der Waals surface area contributed by atoms with Gasteiger partial charge in [0.15, 0.2) is 0 Å². The number of carbonyl (C=O) groups is 2. The predicted octanol–water partition coefficient (Wildman–Crippen LogP) is 3.59. The van der Waals surface area contributed by atoms with Crippen LogP contribution >= 0.6 is 0 Å². The van der Waals surface area contributed by atoms with E-state index in [0.29, 0.717) is 17.9 Å². The summed E-state index contributed by atoms with van der Waals surface area (Å²) in [6, 6.07) is 4.60. The molecular formula is C17H25NO5. The highest BCUT2D eigenvalue weighted by Gasteiger charge is 2.17. The molecule has 0 atom stereocenters. The molecule has 1 aromatic carbocycles. The molecule has 0 aromatic heterocycles. The van der Waals surface area contributed by atoms with Gasteiger partial charge in [0.25, 0.3) is 0 Å². The summed E-state index contributed by atoms with van der Waals surface area (Å²) >= 11 is 0.